The van der Waals surface area contributed by atoms with Gasteiger partial charge < -0.3 is 4.90 Å². The number of amides is 1. The summed E-state index contributed by atoms with van der Waals surface area (Å²) in [6.45, 7) is 7.56. The third kappa shape index (κ3) is 2.77. The van der Waals surface area contributed by atoms with Crippen LogP contribution in [0.1, 0.15) is 45.3 Å². The minimum absolute atomic E-state index is 0.00560. The lowest BCUT2D eigenvalue weighted by atomic mass is 10.0. The fourth-order valence-corrected chi connectivity index (χ4v) is 3.81. The molecule has 3 rings (SSSR count). The van der Waals surface area contributed by atoms with Gasteiger partial charge in [0.2, 0.25) is 5.91 Å². The Bertz CT molecular complexity index is 471. The third-order valence-electron chi connectivity index (χ3n) is 4.53. The second-order valence-corrected chi connectivity index (χ2v) is 7.55. The lowest BCUT2D eigenvalue weighted by Crippen LogP contribution is -2.33. The maximum absolute atomic E-state index is 12.7. The summed E-state index contributed by atoms with van der Waals surface area (Å²) in [6, 6.07) is 2.13. The number of nitrogens with one attached hydrogen (secondary N) is 1. The Kier molecular flexibility index (Phi) is 3.87. The monoisotopic (exact) mass is 292 g/mol. The molecule has 4 unspecified atom stereocenters. The van der Waals surface area contributed by atoms with Crippen LogP contribution in [0.5, 0.6) is 0 Å². The largest absolute Gasteiger partial charge is 0.321 e. The molecule has 1 amide bonds. The summed E-state index contributed by atoms with van der Waals surface area (Å²) in [7, 11) is 0. The topological polar surface area (TPSA) is 32.3 Å². The van der Waals surface area contributed by atoms with Gasteiger partial charge in [-0.15, -0.1) is 0 Å². The molecule has 0 aromatic carbocycles. The van der Waals surface area contributed by atoms with Gasteiger partial charge in [0, 0.05) is 6.54 Å². The van der Waals surface area contributed by atoms with Crippen LogP contribution < -0.4 is 5.32 Å². The average Bonchev–Trinajstić information content (AvgIpc) is 2.81. The number of carbonyl (C=O) groups excluding carboxylic acids is 1. The van der Waals surface area contributed by atoms with Crippen LogP contribution in [0.2, 0.25) is 0 Å². The fraction of sp³-hybridized carbons (Fsp3) is 0.688. The van der Waals surface area contributed by atoms with Crippen molar-refractivity contribution in [1.29, 1.82) is 0 Å². The molecule has 0 bridgehead atoms. The Morgan fingerprint density at radius 3 is 2.80 bits per heavy atom. The Balaban J connectivity index is 1.76. The van der Waals surface area contributed by atoms with Gasteiger partial charge in [0.1, 0.15) is 6.17 Å². The first-order valence-electron chi connectivity index (χ1n) is 7.65. The molecule has 1 N–H and O–H groups in total. The van der Waals surface area contributed by atoms with Crippen molar-refractivity contribution in [2.45, 2.75) is 45.8 Å². The zero-order chi connectivity index (χ0) is 14.3. The summed E-state index contributed by atoms with van der Waals surface area (Å²) >= 11 is 1.70. The Morgan fingerprint density at radius 1 is 1.50 bits per heavy atom. The van der Waals surface area contributed by atoms with E-state index in [9.17, 15) is 4.79 Å². The fourth-order valence-electron chi connectivity index (χ4n) is 3.13. The first-order chi connectivity index (χ1) is 9.56. The van der Waals surface area contributed by atoms with Gasteiger partial charge in [-0.3, -0.25) is 10.1 Å². The normalized spacial score (nSPS) is 33.2. The molecular formula is C16H24N2OS. The molecule has 1 saturated heterocycles. The molecule has 1 aliphatic carbocycles. The number of carbonyl (C=O) groups is 1. The number of rotatable bonds is 5. The quantitative estimate of drug-likeness (QED) is 0.903. The van der Waals surface area contributed by atoms with Crippen molar-refractivity contribution in [3.63, 3.8) is 0 Å². The van der Waals surface area contributed by atoms with E-state index >= 15 is 0 Å². The molecule has 2 heterocycles. The lowest BCUT2D eigenvalue weighted by molar-refractivity contribution is -0.130. The van der Waals surface area contributed by atoms with Gasteiger partial charge in [0.25, 0.3) is 0 Å². The van der Waals surface area contributed by atoms with E-state index in [0.29, 0.717) is 17.7 Å². The Hall–Kier alpha value is -0.870. The summed E-state index contributed by atoms with van der Waals surface area (Å²) in [4.78, 5) is 14.8. The predicted molar refractivity (Wildman–Crippen MR) is 82.4 cm³/mol. The van der Waals surface area contributed by atoms with E-state index in [1.54, 1.807) is 11.3 Å². The Morgan fingerprint density at radius 2 is 2.25 bits per heavy atom. The van der Waals surface area contributed by atoms with E-state index in [0.717, 1.165) is 18.9 Å². The van der Waals surface area contributed by atoms with Crippen LogP contribution in [0.3, 0.4) is 0 Å². The SMILES string of the molecule is CC(C)CC1NC(c2ccsc2)N(CC2CC2C)C1=O. The molecule has 0 spiro atoms. The van der Waals surface area contributed by atoms with E-state index in [1.807, 2.05) is 0 Å². The first kappa shape index (κ1) is 14.1. The highest BCUT2D eigenvalue weighted by Gasteiger charge is 2.44. The standard InChI is InChI=1S/C16H24N2OS/c1-10(2)6-14-16(19)18(8-13-7-11(13)3)15(17-14)12-4-5-20-9-12/h4-5,9-11,13-15,17H,6-8H2,1-3H3. The van der Waals surface area contributed by atoms with Crippen molar-refractivity contribution >= 4 is 17.2 Å². The summed E-state index contributed by atoms with van der Waals surface area (Å²) < 4.78 is 0. The smallest absolute Gasteiger partial charge is 0.241 e. The van der Waals surface area contributed by atoms with Gasteiger partial charge in [-0.2, -0.15) is 11.3 Å². The molecule has 3 nitrogen and oxygen atoms in total. The van der Waals surface area contributed by atoms with Crippen LogP contribution in [0.25, 0.3) is 0 Å². The predicted octanol–water partition coefficient (Wildman–Crippen LogP) is 3.25. The zero-order valence-electron chi connectivity index (χ0n) is 12.5. The van der Waals surface area contributed by atoms with Crippen LogP contribution in [-0.4, -0.2) is 23.4 Å². The van der Waals surface area contributed by atoms with Gasteiger partial charge in [0.05, 0.1) is 6.04 Å². The van der Waals surface area contributed by atoms with Crippen molar-refractivity contribution in [2.24, 2.45) is 17.8 Å². The number of hydrogen-bond donors (Lipinski definition) is 1. The average molecular weight is 292 g/mol. The van der Waals surface area contributed by atoms with Gasteiger partial charge in [-0.25, -0.2) is 0 Å². The second kappa shape index (κ2) is 5.49. The van der Waals surface area contributed by atoms with Gasteiger partial charge in [0.15, 0.2) is 0 Å². The van der Waals surface area contributed by atoms with Crippen LogP contribution in [0, 0.1) is 17.8 Å². The third-order valence-corrected chi connectivity index (χ3v) is 5.23. The highest BCUT2D eigenvalue weighted by molar-refractivity contribution is 7.07. The van der Waals surface area contributed by atoms with Crippen LogP contribution in [0.4, 0.5) is 0 Å². The van der Waals surface area contributed by atoms with E-state index in [4.69, 9.17) is 0 Å². The lowest BCUT2D eigenvalue weighted by Gasteiger charge is -2.23. The van der Waals surface area contributed by atoms with Crippen LogP contribution >= 0.6 is 11.3 Å². The first-order valence-corrected chi connectivity index (χ1v) is 8.59. The zero-order valence-corrected chi connectivity index (χ0v) is 13.3. The molecule has 1 aromatic rings. The number of hydrogen-bond acceptors (Lipinski definition) is 3. The molecule has 0 radical (unpaired) electrons. The number of nitrogens with zero attached hydrogens (tertiary/aromatic N) is 1. The minimum atomic E-state index is -0.00560. The molecule has 20 heavy (non-hydrogen) atoms. The number of thiophene rings is 1. The summed E-state index contributed by atoms with van der Waals surface area (Å²) in [5, 5.41) is 7.81. The van der Waals surface area contributed by atoms with Crippen LogP contribution in [0.15, 0.2) is 16.8 Å². The second-order valence-electron chi connectivity index (χ2n) is 6.77. The van der Waals surface area contributed by atoms with Crippen molar-refractivity contribution < 1.29 is 4.79 Å². The molecule has 4 atom stereocenters. The van der Waals surface area contributed by atoms with Crippen LogP contribution in [-0.2, 0) is 4.79 Å². The molecule has 2 fully saturated rings. The van der Waals surface area contributed by atoms with Gasteiger partial charge in [-0.05, 0) is 53.0 Å². The maximum Gasteiger partial charge on any atom is 0.241 e. The molecule has 4 heteroatoms. The van der Waals surface area contributed by atoms with Crippen molar-refractivity contribution in [3.05, 3.63) is 22.4 Å². The highest BCUT2D eigenvalue weighted by Crippen LogP contribution is 2.41. The summed E-state index contributed by atoms with van der Waals surface area (Å²) in [5.74, 6) is 2.34. The van der Waals surface area contributed by atoms with Crippen molar-refractivity contribution in [2.75, 3.05) is 6.54 Å². The molecule has 1 aliphatic heterocycles. The molecule has 1 saturated carbocycles. The maximum atomic E-state index is 12.7. The van der Waals surface area contributed by atoms with E-state index < -0.39 is 0 Å². The molecular weight excluding hydrogens is 268 g/mol. The Labute approximate surface area is 125 Å². The summed E-state index contributed by atoms with van der Waals surface area (Å²) in [5.41, 5.74) is 1.24. The molecule has 1 aromatic heterocycles. The highest BCUT2D eigenvalue weighted by atomic mass is 32.1. The van der Waals surface area contributed by atoms with E-state index in [-0.39, 0.29) is 12.2 Å². The van der Waals surface area contributed by atoms with Crippen molar-refractivity contribution in [3.8, 4) is 0 Å². The summed E-state index contributed by atoms with van der Waals surface area (Å²) in [6.07, 6.45) is 2.29. The van der Waals surface area contributed by atoms with E-state index in [1.165, 1.54) is 12.0 Å². The van der Waals surface area contributed by atoms with Crippen molar-refractivity contribution in [1.82, 2.24) is 10.2 Å². The molecule has 2 aliphatic rings. The van der Waals surface area contributed by atoms with Gasteiger partial charge >= 0.3 is 0 Å². The minimum Gasteiger partial charge on any atom is -0.321 e. The molecule has 110 valence electrons. The van der Waals surface area contributed by atoms with E-state index in [2.05, 4.69) is 47.8 Å². The van der Waals surface area contributed by atoms with Gasteiger partial charge in [-0.1, -0.05) is 20.8 Å².